The standard InChI is InChI=1S/C10H14N2O2/c1-4-14-10(13)8-6(2)5-7(3)12-9(8)11/h5H,4H2,1-3H3,(H2,11,12). The fourth-order valence-electron chi connectivity index (χ4n) is 1.33. The lowest BCUT2D eigenvalue weighted by molar-refractivity contribution is 0.0526. The Morgan fingerprint density at radius 2 is 2.21 bits per heavy atom. The van der Waals surface area contributed by atoms with E-state index in [-0.39, 0.29) is 5.82 Å². The van der Waals surface area contributed by atoms with Crippen molar-refractivity contribution in [3.05, 3.63) is 22.9 Å². The Bertz CT molecular complexity index is 338. The Labute approximate surface area is 83.1 Å². The van der Waals surface area contributed by atoms with Gasteiger partial charge < -0.3 is 10.5 Å². The Hall–Kier alpha value is -1.58. The number of hydrogen-bond acceptors (Lipinski definition) is 4. The van der Waals surface area contributed by atoms with Gasteiger partial charge in [-0.05, 0) is 32.4 Å². The van der Waals surface area contributed by atoms with Crippen LogP contribution in [-0.4, -0.2) is 17.6 Å². The molecular formula is C10H14N2O2. The number of aryl methyl sites for hydroxylation is 2. The van der Waals surface area contributed by atoms with Gasteiger partial charge in [0.1, 0.15) is 11.4 Å². The lowest BCUT2D eigenvalue weighted by Gasteiger charge is -2.08. The molecule has 0 aromatic carbocycles. The van der Waals surface area contributed by atoms with Crippen molar-refractivity contribution >= 4 is 11.8 Å². The van der Waals surface area contributed by atoms with Crippen LogP contribution in [0.1, 0.15) is 28.5 Å². The third-order valence-electron chi connectivity index (χ3n) is 1.85. The van der Waals surface area contributed by atoms with Crippen LogP contribution in [0.3, 0.4) is 0 Å². The van der Waals surface area contributed by atoms with Gasteiger partial charge in [-0.3, -0.25) is 0 Å². The number of esters is 1. The third kappa shape index (κ3) is 2.02. The summed E-state index contributed by atoms with van der Waals surface area (Å²) in [6.45, 7) is 5.74. The second kappa shape index (κ2) is 4.09. The van der Waals surface area contributed by atoms with E-state index in [0.717, 1.165) is 11.3 Å². The number of carbonyl (C=O) groups is 1. The Balaban J connectivity index is 3.14. The fraction of sp³-hybridized carbons (Fsp3) is 0.400. The molecule has 0 aliphatic carbocycles. The van der Waals surface area contributed by atoms with Gasteiger partial charge in [0.15, 0.2) is 0 Å². The largest absolute Gasteiger partial charge is 0.462 e. The average Bonchev–Trinajstić information content (AvgIpc) is 2.01. The van der Waals surface area contributed by atoms with Crippen LogP contribution >= 0.6 is 0 Å². The highest BCUT2D eigenvalue weighted by Gasteiger charge is 2.15. The maximum absolute atomic E-state index is 11.5. The van der Waals surface area contributed by atoms with E-state index in [1.807, 2.05) is 19.9 Å². The lowest BCUT2D eigenvalue weighted by atomic mass is 10.1. The van der Waals surface area contributed by atoms with Crippen LogP contribution < -0.4 is 5.73 Å². The maximum atomic E-state index is 11.5. The van der Waals surface area contributed by atoms with E-state index >= 15 is 0 Å². The summed E-state index contributed by atoms with van der Waals surface area (Å²) >= 11 is 0. The Kier molecular flexibility index (Phi) is 3.06. The van der Waals surface area contributed by atoms with Gasteiger partial charge >= 0.3 is 5.97 Å². The SMILES string of the molecule is CCOC(=O)c1c(C)cc(C)nc1N. The molecule has 0 fully saturated rings. The summed E-state index contributed by atoms with van der Waals surface area (Å²) in [4.78, 5) is 15.5. The van der Waals surface area contributed by atoms with E-state index in [1.54, 1.807) is 6.92 Å². The first-order chi connectivity index (χ1) is 6.56. The van der Waals surface area contributed by atoms with Crippen molar-refractivity contribution in [1.82, 2.24) is 4.98 Å². The summed E-state index contributed by atoms with van der Waals surface area (Å²) in [5, 5.41) is 0. The Morgan fingerprint density at radius 1 is 1.57 bits per heavy atom. The lowest BCUT2D eigenvalue weighted by Crippen LogP contribution is -2.12. The van der Waals surface area contributed by atoms with Crippen LogP contribution in [0.2, 0.25) is 0 Å². The molecule has 1 aromatic rings. The smallest absolute Gasteiger partial charge is 0.342 e. The van der Waals surface area contributed by atoms with Gasteiger partial charge in [-0.2, -0.15) is 0 Å². The molecule has 4 heteroatoms. The molecule has 0 unspecified atom stereocenters. The first-order valence-corrected chi connectivity index (χ1v) is 4.47. The number of nitrogens with zero attached hydrogens (tertiary/aromatic N) is 1. The molecule has 1 aromatic heterocycles. The van der Waals surface area contributed by atoms with Crippen molar-refractivity contribution in [1.29, 1.82) is 0 Å². The van der Waals surface area contributed by atoms with Crippen LogP contribution in [0.15, 0.2) is 6.07 Å². The number of carbonyl (C=O) groups excluding carboxylic acids is 1. The van der Waals surface area contributed by atoms with Crippen molar-refractivity contribution in [2.24, 2.45) is 0 Å². The van der Waals surface area contributed by atoms with Crippen LogP contribution in [0, 0.1) is 13.8 Å². The van der Waals surface area contributed by atoms with Crippen LogP contribution in [0.25, 0.3) is 0 Å². The summed E-state index contributed by atoms with van der Waals surface area (Å²) in [6.07, 6.45) is 0. The maximum Gasteiger partial charge on any atom is 0.342 e. The molecule has 0 aliphatic rings. The van der Waals surface area contributed by atoms with E-state index in [2.05, 4.69) is 4.98 Å². The highest BCUT2D eigenvalue weighted by atomic mass is 16.5. The molecule has 0 atom stereocenters. The molecule has 0 radical (unpaired) electrons. The molecule has 0 saturated heterocycles. The van der Waals surface area contributed by atoms with Gasteiger partial charge in [-0.15, -0.1) is 0 Å². The van der Waals surface area contributed by atoms with Gasteiger partial charge in [-0.1, -0.05) is 0 Å². The predicted octanol–water partition coefficient (Wildman–Crippen LogP) is 1.46. The number of ether oxygens (including phenoxy) is 1. The molecule has 1 rings (SSSR count). The molecule has 2 N–H and O–H groups in total. The summed E-state index contributed by atoms with van der Waals surface area (Å²) in [5.41, 5.74) is 7.61. The zero-order valence-electron chi connectivity index (χ0n) is 8.63. The second-order valence-electron chi connectivity index (χ2n) is 3.06. The molecule has 1 heterocycles. The minimum Gasteiger partial charge on any atom is -0.462 e. The second-order valence-corrected chi connectivity index (χ2v) is 3.06. The number of anilines is 1. The molecule has 14 heavy (non-hydrogen) atoms. The Morgan fingerprint density at radius 3 is 2.71 bits per heavy atom. The number of hydrogen-bond donors (Lipinski definition) is 1. The summed E-state index contributed by atoms with van der Waals surface area (Å²) in [5.74, 6) is -0.170. The van der Waals surface area contributed by atoms with Crippen molar-refractivity contribution in [3.8, 4) is 0 Å². The van der Waals surface area contributed by atoms with Crippen molar-refractivity contribution < 1.29 is 9.53 Å². The van der Waals surface area contributed by atoms with Crippen LogP contribution in [0.5, 0.6) is 0 Å². The van der Waals surface area contributed by atoms with Crippen molar-refractivity contribution in [2.75, 3.05) is 12.3 Å². The average molecular weight is 194 g/mol. The van der Waals surface area contributed by atoms with Crippen LogP contribution in [0.4, 0.5) is 5.82 Å². The van der Waals surface area contributed by atoms with E-state index in [1.165, 1.54) is 0 Å². The van der Waals surface area contributed by atoms with Gasteiger partial charge in [0.25, 0.3) is 0 Å². The topological polar surface area (TPSA) is 65.2 Å². The molecule has 4 nitrogen and oxygen atoms in total. The monoisotopic (exact) mass is 194 g/mol. The zero-order valence-corrected chi connectivity index (χ0v) is 8.63. The number of nitrogens with two attached hydrogens (primary N) is 1. The van der Waals surface area contributed by atoms with Gasteiger partial charge in [0, 0.05) is 5.69 Å². The van der Waals surface area contributed by atoms with Crippen molar-refractivity contribution in [2.45, 2.75) is 20.8 Å². The first kappa shape index (κ1) is 10.5. The molecule has 0 spiro atoms. The number of pyridine rings is 1. The predicted molar refractivity (Wildman–Crippen MR) is 54.1 cm³/mol. The zero-order chi connectivity index (χ0) is 10.7. The fourth-order valence-corrected chi connectivity index (χ4v) is 1.33. The van der Waals surface area contributed by atoms with E-state index < -0.39 is 5.97 Å². The van der Waals surface area contributed by atoms with E-state index in [9.17, 15) is 4.79 Å². The van der Waals surface area contributed by atoms with Gasteiger partial charge in [0.2, 0.25) is 0 Å². The number of aromatic nitrogens is 1. The molecule has 0 bridgehead atoms. The van der Waals surface area contributed by atoms with E-state index in [0.29, 0.717) is 12.2 Å². The third-order valence-corrected chi connectivity index (χ3v) is 1.85. The summed E-state index contributed by atoms with van der Waals surface area (Å²) in [6, 6.07) is 1.81. The molecular weight excluding hydrogens is 180 g/mol. The minimum absolute atomic E-state index is 0.237. The highest BCUT2D eigenvalue weighted by Crippen LogP contribution is 2.16. The quantitative estimate of drug-likeness (QED) is 0.724. The molecule has 0 amide bonds. The number of nitrogen functional groups attached to an aromatic ring is 1. The summed E-state index contributed by atoms with van der Waals surface area (Å²) in [7, 11) is 0. The van der Waals surface area contributed by atoms with Crippen LogP contribution in [-0.2, 0) is 4.74 Å². The number of rotatable bonds is 2. The first-order valence-electron chi connectivity index (χ1n) is 4.47. The molecule has 76 valence electrons. The molecule has 0 saturated carbocycles. The summed E-state index contributed by atoms with van der Waals surface area (Å²) < 4.78 is 4.87. The highest BCUT2D eigenvalue weighted by molar-refractivity contribution is 5.95. The normalized spacial score (nSPS) is 9.93. The van der Waals surface area contributed by atoms with Gasteiger partial charge in [0.05, 0.1) is 6.61 Å². The van der Waals surface area contributed by atoms with E-state index in [4.69, 9.17) is 10.5 Å². The van der Waals surface area contributed by atoms with Crippen molar-refractivity contribution in [3.63, 3.8) is 0 Å². The molecule has 0 aliphatic heterocycles. The minimum atomic E-state index is -0.407. The van der Waals surface area contributed by atoms with Gasteiger partial charge in [-0.25, -0.2) is 9.78 Å².